The summed E-state index contributed by atoms with van der Waals surface area (Å²) in [6.07, 6.45) is 1.73. The molecule has 0 unspecified atom stereocenters. The average Bonchev–Trinajstić information content (AvgIpc) is 2.56. The fourth-order valence-electron chi connectivity index (χ4n) is 2.64. The maximum Gasteiger partial charge on any atom is 0.254 e. The Labute approximate surface area is 123 Å². The summed E-state index contributed by atoms with van der Waals surface area (Å²) in [5, 5.41) is 4.11. The minimum absolute atomic E-state index is 0.0672. The van der Waals surface area contributed by atoms with Gasteiger partial charge in [-0.25, -0.2) is 0 Å². The molecule has 110 valence electrons. The molecule has 0 aliphatic carbocycles. The number of nitrogens with one attached hydrogen (secondary N) is 1. The highest BCUT2D eigenvalue weighted by atomic mass is 16.5. The van der Waals surface area contributed by atoms with Gasteiger partial charge in [0.1, 0.15) is 11.3 Å². The van der Waals surface area contributed by atoms with Crippen LogP contribution in [0.3, 0.4) is 0 Å². The summed E-state index contributed by atoms with van der Waals surface area (Å²) in [6.45, 7) is 5.70. The van der Waals surface area contributed by atoms with Crippen LogP contribution in [0.4, 0.5) is 0 Å². The fraction of sp³-hybridized carbons (Fsp3) is 0.375. The first-order valence-corrected chi connectivity index (χ1v) is 7.32. The third-order valence-electron chi connectivity index (χ3n) is 3.67. The molecule has 0 atom stereocenters. The Morgan fingerprint density at radius 1 is 1.33 bits per heavy atom. The monoisotopic (exact) mass is 285 g/mol. The molecule has 2 heterocycles. The van der Waals surface area contributed by atoms with Crippen molar-refractivity contribution in [2.24, 2.45) is 0 Å². The second-order valence-electron chi connectivity index (χ2n) is 4.99. The van der Waals surface area contributed by atoms with Crippen LogP contribution < -0.4 is 10.1 Å². The number of rotatable bonds is 3. The largest absolute Gasteiger partial charge is 0.492 e. The molecule has 2 aromatic rings. The predicted molar refractivity (Wildman–Crippen MR) is 81.7 cm³/mol. The third kappa shape index (κ3) is 2.69. The molecule has 1 saturated heterocycles. The first kappa shape index (κ1) is 13.8. The zero-order valence-corrected chi connectivity index (χ0v) is 12.1. The quantitative estimate of drug-likeness (QED) is 0.932. The standard InChI is InChI=1S/C16H19N3O2/c1-2-21-14-6-5-13(12-4-3-7-18-15(12)14)16(20)19-10-8-17-9-11-19/h3-7,17H,2,8-11H2,1H3. The normalized spacial score (nSPS) is 15.2. The van der Waals surface area contributed by atoms with Gasteiger partial charge in [-0.1, -0.05) is 6.07 Å². The number of ether oxygens (including phenoxy) is 1. The number of hydrogen-bond acceptors (Lipinski definition) is 4. The van der Waals surface area contributed by atoms with E-state index in [2.05, 4.69) is 10.3 Å². The average molecular weight is 285 g/mol. The smallest absolute Gasteiger partial charge is 0.254 e. The summed E-state index contributed by atoms with van der Waals surface area (Å²) >= 11 is 0. The third-order valence-corrected chi connectivity index (χ3v) is 3.67. The summed E-state index contributed by atoms with van der Waals surface area (Å²) in [7, 11) is 0. The van der Waals surface area contributed by atoms with Crippen LogP contribution in [0.5, 0.6) is 5.75 Å². The molecule has 0 spiro atoms. The van der Waals surface area contributed by atoms with E-state index in [0.717, 1.165) is 42.8 Å². The van der Waals surface area contributed by atoms with Gasteiger partial charge >= 0.3 is 0 Å². The lowest BCUT2D eigenvalue weighted by atomic mass is 10.1. The molecule has 1 amide bonds. The first-order chi connectivity index (χ1) is 10.3. The Balaban J connectivity index is 2.02. The van der Waals surface area contributed by atoms with Crippen molar-refractivity contribution in [3.05, 3.63) is 36.0 Å². The summed E-state index contributed by atoms with van der Waals surface area (Å²) in [4.78, 5) is 19.0. The molecular weight excluding hydrogens is 266 g/mol. The van der Waals surface area contributed by atoms with Gasteiger partial charge in [-0.15, -0.1) is 0 Å². The number of nitrogens with zero attached hydrogens (tertiary/aromatic N) is 2. The minimum Gasteiger partial charge on any atom is -0.492 e. The predicted octanol–water partition coefficient (Wildman–Crippen LogP) is 1.68. The molecule has 0 radical (unpaired) electrons. The van der Waals surface area contributed by atoms with Crippen LogP contribution in [0.25, 0.3) is 10.9 Å². The maximum atomic E-state index is 12.7. The maximum absolute atomic E-state index is 12.7. The molecule has 0 bridgehead atoms. The lowest BCUT2D eigenvalue weighted by molar-refractivity contribution is 0.0738. The van der Waals surface area contributed by atoms with Gasteiger partial charge in [-0.3, -0.25) is 9.78 Å². The first-order valence-electron chi connectivity index (χ1n) is 7.32. The molecule has 0 saturated carbocycles. The van der Waals surface area contributed by atoms with Gasteiger partial charge in [0.05, 0.1) is 6.61 Å². The number of carbonyl (C=O) groups excluding carboxylic acids is 1. The number of aromatic nitrogens is 1. The zero-order valence-electron chi connectivity index (χ0n) is 12.1. The van der Waals surface area contributed by atoms with Crippen molar-refractivity contribution in [3.63, 3.8) is 0 Å². The van der Waals surface area contributed by atoms with Crippen LogP contribution in [0.1, 0.15) is 17.3 Å². The number of fused-ring (bicyclic) bond motifs is 1. The van der Waals surface area contributed by atoms with Crippen molar-refractivity contribution in [3.8, 4) is 5.75 Å². The van der Waals surface area contributed by atoms with E-state index in [0.29, 0.717) is 12.2 Å². The van der Waals surface area contributed by atoms with E-state index in [1.54, 1.807) is 6.20 Å². The highest BCUT2D eigenvalue weighted by molar-refractivity contribution is 6.07. The van der Waals surface area contributed by atoms with Gasteiger partial charge in [-0.2, -0.15) is 0 Å². The van der Waals surface area contributed by atoms with E-state index < -0.39 is 0 Å². The molecule has 21 heavy (non-hydrogen) atoms. The van der Waals surface area contributed by atoms with Crippen molar-refractivity contribution in [1.82, 2.24) is 15.2 Å². The Bertz CT molecular complexity index is 651. The number of hydrogen-bond donors (Lipinski definition) is 1. The van der Waals surface area contributed by atoms with E-state index in [1.807, 2.05) is 36.1 Å². The molecule has 1 fully saturated rings. The number of benzene rings is 1. The minimum atomic E-state index is 0.0672. The molecular formula is C16H19N3O2. The number of amides is 1. The number of carbonyl (C=O) groups is 1. The van der Waals surface area contributed by atoms with Crippen molar-refractivity contribution in [1.29, 1.82) is 0 Å². The molecule has 3 rings (SSSR count). The van der Waals surface area contributed by atoms with Crippen LogP contribution in [0, 0.1) is 0 Å². The Morgan fingerprint density at radius 2 is 2.14 bits per heavy atom. The van der Waals surface area contributed by atoms with Gasteiger partial charge in [0.25, 0.3) is 5.91 Å². The van der Waals surface area contributed by atoms with E-state index in [4.69, 9.17) is 4.74 Å². The van der Waals surface area contributed by atoms with Gasteiger partial charge in [0.15, 0.2) is 0 Å². The lowest BCUT2D eigenvalue weighted by Crippen LogP contribution is -2.46. The van der Waals surface area contributed by atoms with Gasteiger partial charge in [-0.05, 0) is 25.1 Å². The number of pyridine rings is 1. The number of piperazine rings is 1. The van der Waals surface area contributed by atoms with Crippen LogP contribution in [0.2, 0.25) is 0 Å². The van der Waals surface area contributed by atoms with Crippen molar-refractivity contribution < 1.29 is 9.53 Å². The second-order valence-corrected chi connectivity index (χ2v) is 4.99. The molecule has 1 aliphatic heterocycles. The van der Waals surface area contributed by atoms with Crippen LogP contribution >= 0.6 is 0 Å². The molecule has 1 aromatic heterocycles. The second kappa shape index (κ2) is 6.10. The molecule has 5 heteroatoms. The van der Waals surface area contributed by atoms with E-state index in [9.17, 15) is 4.79 Å². The SMILES string of the molecule is CCOc1ccc(C(=O)N2CCNCC2)c2cccnc12. The van der Waals surface area contributed by atoms with Crippen molar-refractivity contribution >= 4 is 16.8 Å². The molecule has 5 nitrogen and oxygen atoms in total. The summed E-state index contributed by atoms with van der Waals surface area (Å²) in [5.41, 5.74) is 1.45. The Morgan fingerprint density at radius 3 is 2.90 bits per heavy atom. The molecule has 1 N–H and O–H groups in total. The molecule has 1 aliphatic rings. The van der Waals surface area contributed by atoms with Gasteiger partial charge in [0.2, 0.25) is 0 Å². The highest BCUT2D eigenvalue weighted by Crippen LogP contribution is 2.27. The Kier molecular flexibility index (Phi) is 4.01. The van der Waals surface area contributed by atoms with Crippen molar-refractivity contribution in [2.75, 3.05) is 32.8 Å². The van der Waals surface area contributed by atoms with E-state index >= 15 is 0 Å². The van der Waals surface area contributed by atoms with Crippen LogP contribution in [-0.2, 0) is 0 Å². The summed E-state index contributed by atoms with van der Waals surface area (Å²) < 4.78 is 5.60. The lowest BCUT2D eigenvalue weighted by Gasteiger charge is -2.28. The van der Waals surface area contributed by atoms with Crippen molar-refractivity contribution in [2.45, 2.75) is 6.92 Å². The summed E-state index contributed by atoms with van der Waals surface area (Å²) in [5.74, 6) is 0.794. The molecule has 1 aromatic carbocycles. The van der Waals surface area contributed by atoms with E-state index in [-0.39, 0.29) is 5.91 Å². The summed E-state index contributed by atoms with van der Waals surface area (Å²) in [6, 6.07) is 7.47. The van der Waals surface area contributed by atoms with Crippen LogP contribution in [-0.4, -0.2) is 48.6 Å². The van der Waals surface area contributed by atoms with Gasteiger partial charge in [0, 0.05) is 43.3 Å². The van der Waals surface area contributed by atoms with Crippen LogP contribution in [0.15, 0.2) is 30.5 Å². The van der Waals surface area contributed by atoms with Gasteiger partial charge < -0.3 is 15.0 Å². The fourth-order valence-corrected chi connectivity index (χ4v) is 2.64. The Hall–Kier alpha value is -2.14. The zero-order chi connectivity index (χ0) is 14.7. The highest BCUT2D eigenvalue weighted by Gasteiger charge is 2.21. The topological polar surface area (TPSA) is 54.5 Å². The van der Waals surface area contributed by atoms with E-state index in [1.165, 1.54) is 0 Å².